The zero-order chi connectivity index (χ0) is 23.9. The largest absolute Gasteiger partial charge is 0.467 e. The van der Waals surface area contributed by atoms with Crippen LogP contribution in [0.4, 0.5) is 8.78 Å². The van der Waals surface area contributed by atoms with E-state index in [9.17, 15) is 13.9 Å². The Labute approximate surface area is 197 Å². The van der Waals surface area contributed by atoms with Crippen molar-refractivity contribution in [1.82, 2.24) is 4.90 Å². The third-order valence-corrected chi connectivity index (χ3v) is 5.66. The number of halogens is 2. The van der Waals surface area contributed by atoms with Crippen molar-refractivity contribution in [3.63, 3.8) is 0 Å². The van der Waals surface area contributed by atoms with Crippen LogP contribution >= 0.6 is 0 Å². The van der Waals surface area contributed by atoms with Gasteiger partial charge >= 0.3 is 0 Å². The average molecular weight is 471 g/mol. The van der Waals surface area contributed by atoms with Gasteiger partial charge in [-0.05, 0) is 30.7 Å². The van der Waals surface area contributed by atoms with E-state index in [0.717, 1.165) is 22.9 Å². The highest BCUT2D eigenvalue weighted by Crippen LogP contribution is 2.21. The van der Waals surface area contributed by atoms with E-state index in [1.807, 2.05) is 36.1 Å². The summed E-state index contributed by atoms with van der Waals surface area (Å²) in [4.78, 5) is 7.54. The van der Waals surface area contributed by atoms with Crippen molar-refractivity contribution in [3.8, 4) is 0 Å². The van der Waals surface area contributed by atoms with Gasteiger partial charge in [0.1, 0.15) is 30.1 Å². The quantitative estimate of drug-likeness (QED) is 0.449. The zero-order valence-corrected chi connectivity index (χ0v) is 19.0. The Hall–Kier alpha value is -3.07. The second-order valence-electron chi connectivity index (χ2n) is 8.46. The van der Waals surface area contributed by atoms with Gasteiger partial charge in [-0.15, -0.1) is 0 Å². The molecule has 1 aliphatic heterocycles. The van der Waals surface area contributed by atoms with Crippen molar-refractivity contribution in [2.24, 2.45) is 5.16 Å². The van der Waals surface area contributed by atoms with E-state index in [-0.39, 0.29) is 32.4 Å². The van der Waals surface area contributed by atoms with E-state index < -0.39 is 17.7 Å². The molecular formula is C26H28F2N2O4. The number of furan rings is 1. The molecule has 1 N–H and O–H groups in total. The number of oxime groups is 1. The van der Waals surface area contributed by atoms with Crippen molar-refractivity contribution in [2.45, 2.75) is 38.7 Å². The van der Waals surface area contributed by atoms with Gasteiger partial charge in [-0.3, -0.25) is 4.90 Å². The molecule has 0 fully saturated rings. The number of aliphatic hydroxyl groups is 1. The molecule has 1 aliphatic rings. The van der Waals surface area contributed by atoms with Gasteiger partial charge in [0, 0.05) is 43.2 Å². The fourth-order valence-electron chi connectivity index (χ4n) is 4.01. The summed E-state index contributed by atoms with van der Waals surface area (Å²) in [5, 5.41) is 14.8. The predicted molar refractivity (Wildman–Crippen MR) is 123 cm³/mol. The number of benzene rings is 2. The number of hydrogen-bond acceptors (Lipinski definition) is 6. The maximum atomic E-state index is 14.3. The highest BCUT2D eigenvalue weighted by atomic mass is 19.1. The summed E-state index contributed by atoms with van der Waals surface area (Å²) >= 11 is 0. The lowest BCUT2D eigenvalue weighted by Crippen LogP contribution is -2.39. The monoisotopic (exact) mass is 470 g/mol. The number of hydrogen-bond donors (Lipinski definition) is 1. The summed E-state index contributed by atoms with van der Waals surface area (Å²) in [7, 11) is 0. The van der Waals surface area contributed by atoms with E-state index in [0.29, 0.717) is 24.3 Å². The van der Waals surface area contributed by atoms with Gasteiger partial charge in [-0.2, -0.15) is 0 Å². The van der Waals surface area contributed by atoms with Crippen molar-refractivity contribution in [3.05, 3.63) is 94.9 Å². The molecule has 1 aromatic heterocycles. The van der Waals surface area contributed by atoms with Crippen LogP contribution in [0.2, 0.25) is 0 Å². The smallest absolute Gasteiger partial charge is 0.145 e. The van der Waals surface area contributed by atoms with Crippen molar-refractivity contribution >= 4 is 5.71 Å². The second kappa shape index (κ2) is 11.4. The van der Waals surface area contributed by atoms with E-state index in [1.165, 1.54) is 12.1 Å². The van der Waals surface area contributed by atoms with Crippen LogP contribution in [0.25, 0.3) is 0 Å². The summed E-state index contributed by atoms with van der Waals surface area (Å²) in [5.74, 6) is -0.593. The topological polar surface area (TPSA) is 67.4 Å². The van der Waals surface area contributed by atoms with Gasteiger partial charge in [-0.25, -0.2) is 8.78 Å². The van der Waals surface area contributed by atoms with Crippen LogP contribution in [-0.2, 0) is 22.7 Å². The summed E-state index contributed by atoms with van der Waals surface area (Å²) in [5.41, 5.74) is 3.34. The first kappa shape index (κ1) is 24.1. The van der Waals surface area contributed by atoms with E-state index >= 15 is 0 Å². The molecule has 4 rings (SSSR count). The van der Waals surface area contributed by atoms with Gasteiger partial charge in [-0.1, -0.05) is 35.5 Å². The van der Waals surface area contributed by atoms with Crippen LogP contribution in [-0.4, -0.2) is 47.6 Å². The Bertz CT molecular complexity index is 1100. The van der Waals surface area contributed by atoms with Gasteiger partial charge in [0.2, 0.25) is 0 Å². The molecule has 2 heterocycles. The molecule has 0 aliphatic carbocycles. The van der Waals surface area contributed by atoms with Gasteiger partial charge < -0.3 is 19.1 Å². The van der Waals surface area contributed by atoms with Crippen LogP contribution in [0, 0.1) is 18.6 Å². The van der Waals surface area contributed by atoms with Crippen LogP contribution < -0.4 is 0 Å². The molecule has 0 saturated carbocycles. The molecular weight excluding hydrogens is 442 g/mol. The SMILES string of the molecule is Cc1ccccc1C1=NOC(CN(Cc2ccc(F)cc2F)CC(O)COCc2ccco2)C1. The highest BCUT2D eigenvalue weighted by Gasteiger charge is 2.27. The molecule has 2 atom stereocenters. The number of rotatable bonds is 11. The maximum absolute atomic E-state index is 14.3. The first-order valence-electron chi connectivity index (χ1n) is 11.2. The Balaban J connectivity index is 1.38. The number of ether oxygens (including phenoxy) is 1. The standard InChI is InChI=1S/C26H28F2N2O4/c1-18-5-2-3-7-24(18)26-12-23(34-29-26)15-30(13-19-8-9-20(27)11-25(19)28)14-21(31)16-32-17-22-6-4-10-33-22/h2-11,21,23,31H,12-17H2,1H3. The van der Waals surface area contributed by atoms with Crippen LogP contribution in [0.3, 0.4) is 0 Å². The fourth-order valence-corrected chi connectivity index (χ4v) is 4.01. The molecule has 2 unspecified atom stereocenters. The predicted octanol–water partition coefficient (Wildman–Crippen LogP) is 4.44. The average Bonchev–Trinajstić information content (AvgIpc) is 3.48. The summed E-state index contributed by atoms with van der Waals surface area (Å²) < 4.78 is 38.5. The molecule has 3 aromatic rings. The maximum Gasteiger partial charge on any atom is 0.145 e. The minimum Gasteiger partial charge on any atom is -0.467 e. The van der Waals surface area contributed by atoms with Gasteiger partial charge in [0.15, 0.2) is 0 Å². The molecule has 2 aromatic carbocycles. The Morgan fingerprint density at radius 2 is 2.03 bits per heavy atom. The molecule has 0 saturated heterocycles. The normalized spacial score (nSPS) is 16.5. The highest BCUT2D eigenvalue weighted by molar-refractivity contribution is 6.02. The van der Waals surface area contributed by atoms with Crippen molar-refractivity contribution in [1.29, 1.82) is 0 Å². The third kappa shape index (κ3) is 6.50. The Morgan fingerprint density at radius 1 is 1.18 bits per heavy atom. The lowest BCUT2D eigenvalue weighted by molar-refractivity contribution is -0.00976. The molecule has 0 bridgehead atoms. The van der Waals surface area contributed by atoms with Crippen LogP contribution in [0.5, 0.6) is 0 Å². The number of nitrogens with zero attached hydrogens (tertiary/aromatic N) is 2. The minimum atomic E-state index is -0.823. The molecule has 8 heteroatoms. The first-order valence-corrected chi connectivity index (χ1v) is 11.2. The van der Waals surface area contributed by atoms with E-state index in [4.69, 9.17) is 14.0 Å². The van der Waals surface area contributed by atoms with Gasteiger partial charge in [0.25, 0.3) is 0 Å². The van der Waals surface area contributed by atoms with Crippen molar-refractivity contribution < 1.29 is 27.9 Å². The Morgan fingerprint density at radius 3 is 2.79 bits per heavy atom. The molecule has 0 radical (unpaired) electrons. The zero-order valence-electron chi connectivity index (χ0n) is 19.0. The Kier molecular flexibility index (Phi) is 8.05. The molecule has 0 amide bonds. The summed E-state index contributed by atoms with van der Waals surface area (Å²) in [6, 6.07) is 15.0. The molecule has 34 heavy (non-hydrogen) atoms. The first-order chi connectivity index (χ1) is 16.5. The summed E-state index contributed by atoms with van der Waals surface area (Å²) in [6.45, 7) is 3.16. The molecule has 6 nitrogen and oxygen atoms in total. The minimum absolute atomic E-state index is 0.0829. The third-order valence-electron chi connectivity index (χ3n) is 5.66. The number of aryl methyl sites for hydroxylation is 1. The summed E-state index contributed by atoms with van der Waals surface area (Å²) in [6.07, 6.45) is 1.08. The molecule has 180 valence electrons. The van der Waals surface area contributed by atoms with Gasteiger partial charge in [0.05, 0.1) is 24.7 Å². The second-order valence-corrected chi connectivity index (χ2v) is 8.46. The number of aliphatic hydroxyl groups excluding tert-OH is 1. The lowest BCUT2D eigenvalue weighted by atomic mass is 10.00. The molecule has 0 spiro atoms. The van der Waals surface area contributed by atoms with Crippen molar-refractivity contribution in [2.75, 3.05) is 19.7 Å². The lowest BCUT2D eigenvalue weighted by Gasteiger charge is -2.27. The fraction of sp³-hybridized carbons (Fsp3) is 0.346. The van der Waals surface area contributed by atoms with Crippen LogP contribution in [0.15, 0.2) is 70.4 Å². The van der Waals surface area contributed by atoms with Crippen LogP contribution in [0.1, 0.15) is 28.9 Å². The van der Waals surface area contributed by atoms with E-state index in [2.05, 4.69) is 5.16 Å². The van der Waals surface area contributed by atoms with E-state index in [1.54, 1.807) is 18.4 Å².